The van der Waals surface area contributed by atoms with Crippen LogP contribution in [-0.2, 0) is 13.0 Å². The minimum atomic E-state index is -0.292. The molecule has 0 radical (unpaired) electrons. The number of nitrogens with zero attached hydrogens (tertiary/aromatic N) is 1. The zero-order chi connectivity index (χ0) is 21.5. The van der Waals surface area contributed by atoms with Gasteiger partial charge in [0.2, 0.25) is 6.79 Å². The summed E-state index contributed by atoms with van der Waals surface area (Å²) in [5, 5.41) is 14.6. The monoisotopic (exact) mass is 415 g/mol. The average Bonchev–Trinajstić information content (AvgIpc) is 3.26. The second-order valence-corrected chi connectivity index (χ2v) is 6.95. The van der Waals surface area contributed by atoms with E-state index in [1.165, 1.54) is 0 Å². The average molecular weight is 415 g/mol. The summed E-state index contributed by atoms with van der Waals surface area (Å²) in [4.78, 5) is 12.2. The molecule has 0 aromatic heterocycles. The molecule has 0 saturated carbocycles. The first-order valence-electron chi connectivity index (χ1n) is 9.85. The van der Waals surface area contributed by atoms with Gasteiger partial charge in [-0.2, -0.15) is 5.26 Å². The van der Waals surface area contributed by atoms with Gasteiger partial charge in [0.15, 0.2) is 11.5 Å². The van der Waals surface area contributed by atoms with Gasteiger partial charge in [0, 0.05) is 18.3 Å². The van der Waals surface area contributed by atoms with Crippen molar-refractivity contribution in [2.45, 2.75) is 13.0 Å². The van der Waals surface area contributed by atoms with Crippen LogP contribution in [0.1, 0.15) is 16.7 Å². The van der Waals surface area contributed by atoms with Crippen LogP contribution >= 0.6 is 0 Å². The lowest BCUT2D eigenvalue weighted by molar-refractivity contribution is 0.174. The molecule has 3 aromatic carbocycles. The van der Waals surface area contributed by atoms with Gasteiger partial charge in [0.1, 0.15) is 12.4 Å². The molecule has 31 heavy (non-hydrogen) atoms. The van der Waals surface area contributed by atoms with Gasteiger partial charge in [0.05, 0.1) is 11.6 Å². The topological polar surface area (TPSA) is 92.6 Å². The molecule has 2 amide bonds. The predicted octanol–water partition coefficient (Wildman–Crippen LogP) is 4.23. The fraction of sp³-hybridized carbons (Fsp3) is 0.167. The Morgan fingerprint density at radius 3 is 2.77 bits per heavy atom. The normalized spacial score (nSPS) is 11.5. The number of hydrogen-bond donors (Lipinski definition) is 2. The third-order valence-corrected chi connectivity index (χ3v) is 4.69. The lowest BCUT2D eigenvalue weighted by Gasteiger charge is -2.11. The number of rotatable bonds is 7. The first-order chi connectivity index (χ1) is 15.2. The zero-order valence-corrected chi connectivity index (χ0v) is 16.8. The predicted molar refractivity (Wildman–Crippen MR) is 115 cm³/mol. The molecule has 1 aliphatic heterocycles. The van der Waals surface area contributed by atoms with E-state index in [-0.39, 0.29) is 12.8 Å². The van der Waals surface area contributed by atoms with Crippen molar-refractivity contribution in [2.24, 2.45) is 0 Å². The Hall–Kier alpha value is -4.18. The summed E-state index contributed by atoms with van der Waals surface area (Å²) in [5.41, 5.74) is 3.18. The van der Waals surface area contributed by atoms with Crippen molar-refractivity contribution in [3.05, 3.63) is 83.4 Å². The van der Waals surface area contributed by atoms with E-state index in [0.29, 0.717) is 36.6 Å². The summed E-state index contributed by atoms with van der Waals surface area (Å²) in [7, 11) is 0. The van der Waals surface area contributed by atoms with E-state index in [2.05, 4.69) is 16.7 Å². The van der Waals surface area contributed by atoms with Gasteiger partial charge in [-0.15, -0.1) is 0 Å². The summed E-state index contributed by atoms with van der Waals surface area (Å²) in [5.74, 6) is 2.10. The van der Waals surface area contributed by atoms with Crippen LogP contribution in [0.4, 0.5) is 10.5 Å². The zero-order valence-electron chi connectivity index (χ0n) is 16.8. The SMILES string of the molecule is N#Cc1cccc(COc2cccc(NC(=O)NCCc3ccc4c(c3)OCO4)c2)c1. The Balaban J connectivity index is 1.25. The maximum absolute atomic E-state index is 12.2. The molecule has 156 valence electrons. The van der Waals surface area contributed by atoms with Crippen LogP contribution in [-0.4, -0.2) is 19.4 Å². The molecule has 3 aromatic rings. The standard InChI is InChI=1S/C24H21N3O4/c25-14-18-3-1-4-19(11-18)15-29-21-6-2-5-20(13-21)27-24(28)26-10-9-17-7-8-22-23(12-17)31-16-30-22/h1-8,11-13H,9-10,15-16H2,(H2,26,27,28). The van der Waals surface area contributed by atoms with Crippen molar-refractivity contribution in [3.63, 3.8) is 0 Å². The second kappa shape index (κ2) is 9.55. The molecule has 0 saturated heterocycles. The summed E-state index contributed by atoms with van der Waals surface area (Å²) in [6, 6.07) is 22.0. The Morgan fingerprint density at radius 1 is 1.00 bits per heavy atom. The number of amides is 2. The van der Waals surface area contributed by atoms with Gasteiger partial charge in [0.25, 0.3) is 0 Å². The summed E-state index contributed by atoms with van der Waals surface area (Å²) in [6.45, 7) is 1.06. The highest BCUT2D eigenvalue weighted by Gasteiger charge is 2.13. The Kier molecular flexibility index (Phi) is 6.19. The Morgan fingerprint density at radius 2 is 1.87 bits per heavy atom. The molecule has 4 rings (SSSR count). The molecule has 0 bridgehead atoms. The van der Waals surface area contributed by atoms with Crippen LogP contribution in [0, 0.1) is 11.3 Å². The van der Waals surface area contributed by atoms with E-state index in [4.69, 9.17) is 19.5 Å². The number of nitrogens with one attached hydrogen (secondary N) is 2. The van der Waals surface area contributed by atoms with Crippen molar-refractivity contribution in [1.82, 2.24) is 5.32 Å². The number of carbonyl (C=O) groups excluding carboxylic acids is 1. The number of hydrogen-bond acceptors (Lipinski definition) is 5. The van der Waals surface area contributed by atoms with Gasteiger partial charge in [-0.1, -0.05) is 24.3 Å². The van der Waals surface area contributed by atoms with Gasteiger partial charge in [-0.3, -0.25) is 0 Å². The highest BCUT2D eigenvalue weighted by atomic mass is 16.7. The highest BCUT2D eigenvalue weighted by molar-refractivity contribution is 5.89. The second-order valence-electron chi connectivity index (χ2n) is 6.95. The van der Waals surface area contributed by atoms with Crippen molar-refractivity contribution in [1.29, 1.82) is 5.26 Å². The van der Waals surface area contributed by atoms with Crippen molar-refractivity contribution < 1.29 is 19.0 Å². The quantitative estimate of drug-likeness (QED) is 0.602. The Labute approximate surface area is 180 Å². The number of urea groups is 1. The van der Waals surface area contributed by atoms with E-state index in [1.54, 1.807) is 24.3 Å². The molecule has 1 heterocycles. The molecule has 1 aliphatic rings. The minimum Gasteiger partial charge on any atom is -0.489 e. The number of ether oxygens (including phenoxy) is 3. The van der Waals surface area contributed by atoms with Crippen LogP contribution in [0.2, 0.25) is 0 Å². The van der Waals surface area contributed by atoms with Crippen molar-refractivity contribution in [3.8, 4) is 23.3 Å². The van der Waals surface area contributed by atoms with E-state index in [0.717, 1.165) is 22.6 Å². The summed E-state index contributed by atoms with van der Waals surface area (Å²) < 4.78 is 16.5. The highest BCUT2D eigenvalue weighted by Crippen LogP contribution is 2.32. The van der Waals surface area contributed by atoms with Crippen molar-refractivity contribution in [2.75, 3.05) is 18.7 Å². The lowest BCUT2D eigenvalue weighted by atomic mass is 10.1. The fourth-order valence-electron chi connectivity index (χ4n) is 3.15. The Bertz CT molecular complexity index is 1120. The van der Waals surface area contributed by atoms with E-state index in [1.807, 2.05) is 42.5 Å². The number of carbonyl (C=O) groups is 1. The molecule has 7 heteroatoms. The van der Waals surface area contributed by atoms with Crippen LogP contribution in [0.25, 0.3) is 0 Å². The van der Waals surface area contributed by atoms with Gasteiger partial charge < -0.3 is 24.8 Å². The summed E-state index contributed by atoms with van der Waals surface area (Å²) in [6.07, 6.45) is 0.676. The molecule has 0 fully saturated rings. The molecular weight excluding hydrogens is 394 g/mol. The first-order valence-corrected chi connectivity index (χ1v) is 9.85. The fourth-order valence-corrected chi connectivity index (χ4v) is 3.15. The molecule has 2 N–H and O–H groups in total. The van der Waals surface area contributed by atoms with Crippen molar-refractivity contribution >= 4 is 11.7 Å². The largest absolute Gasteiger partial charge is 0.489 e. The van der Waals surface area contributed by atoms with Crippen LogP contribution in [0.15, 0.2) is 66.7 Å². The van der Waals surface area contributed by atoms with E-state index >= 15 is 0 Å². The maximum Gasteiger partial charge on any atom is 0.319 e. The maximum atomic E-state index is 12.2. The molecular formula is C24H21N3O4. The van der Waals surface area contributed by atoms with Crippen LogP contribution in [0.3, 0.4) is 0 Å². The molecule has 0 aliphatic carbocycles. The van der Waals surface area contributed by atoms with E-state index in [9.17, 15) is 4.79 Å². The number of fused-ring (bicyclic) bond motifs is 1. The summed E-state index contributed by atoms with van der Waals surface area (Å²) >= 11 is 0. The van der Waals surface area contributed by atoms with Gasteiger partial charge >= 0.3 is 6.03 Å². The number of anilines is 1. The number of nitriles is 1. The smallest absolute Gasteiger partial charge is 0.319 e. The minimum absolute atomic E-state index is 0.245. The van der Waals surface area contributed by atoms with Crippen LogP contribution < -0.4 is 24.8 Å². The van der Waals surface area contributed by atoms with Crippen LogP contribution in [0.5, 0.6) is 17.2 Å². The lowest BCUT2D eigenvalue weighted by Crippen LogP contribution is -2.30. The van der Waals surface area contributed by atoms with Gasteiger partial charge in [-0.25, -0.2) is 4.79 Å². The third-order valence-electron chi connectivity index (χ3n) is 4.69. The molecule has 0 unspecified atom stereocenters. The van der Waals surface area contributed by atoms with E-state index < -0.39 is 0 Å². The van der Waals surface area contributed by atoms with Gasteiger partial charge in [-0.05, 0) is 53.9 Å². The first kappa shape index (κ1) is 20.1. The molecule has 0 atom stereocenters. The molecule has 7 nitrogen and oxygen atoms in total. The molecule has 0 spiro atoms. The number of benzene rings is 3. The third kappa shape index (κ3) is 5.46.